The summed E-state index contributed by atoms with van der Waals surface area (Å²) in [5, 5.41) is 2.05. The van der Waals surface area contributed by atoms with Crippen LogP contribution in [-0.4, -0.2) is 68.3 Å². The van der Waals surface area contributed by atoms with Gasteiger partial charge in [0.25, 0.3) is 0 Å². The van der Waals surface area contributed by atoms with Crippen LogP contribution in [0.25, 0.3) is 0 Å². The average Bonchev–Trinajstić information content (AvgIpc) is 2.38. The van der Waals surface area contributed by atoms with Crippen LogP contribution in [0.4, 0.5) is 4.79 Å². The second-order valence-corrected chi connectivity index (χ2v) is 4.14. The summed E-state index contributed by atoms with van der Waals surface area (Å²) in [7, 11) is 0. The number of ether oxygens (including phenoxy) is 3. The van der Waals surface area contributed by atoms with Gasteiger partial charge >= 0.3 is 12.0 Å². The molecule has 1 aliphatic rings. The molecule has 0 radical (unpaired) electrons. The third kappa shape index (κ3) is 6.82. The Labute approximate surface area is 121 Å². The predicted octanol–water partition coefficient (Wildman–Crippen LogP) is -0.949. The molecule has 0 saturated carbocycles. The fraction of sp³-hybridized carbons (Fsp3) is 0.667. The zero-order valence-electron chi connectivity index (χ0n) is 11.8. The van der Waals surface area contributed by atoms with Gasteiger partial charge in [-0.3, -0.25) is 24.6 Å². The van der Waals surface area contributed by atoms with Gasteiger partial charge in [-0.2, -0.15) is 0 Å². The summed E-state index contributed by atoms with van der Waals surface area (Å²) in [5.41, 5.74) is 0. The van der Waals surface area contributed by atoms with E-state index in [1.165, 1.54) is 6.92 Å². The van der Waals surface area contributed by atoms with Gasteiger partial charge in [0, 0.05) is 6.92 Å². The fourth-order valence-corrected chi connectivity index (χ4v) is 1.53. The molecule has 9 nitrogen and oxygen atoms in total. The number of hydrogen-bond acceptors (Lipinski definition) is 7. The minimum absolute atomic E-state index is 0.0748. The van der Waals surface area contributed by atoms with Crippen LogP contribution in [0.1, 0.15) is 13.3 Å². The van der Waals surface area contributed by atoms with Crippen molar-refractivity contribution in [2.24, 2.45) is 0 Å². The largest absolute Gasteiger partial charge is 0.463 e. The molecule has 118 valence electrons. The molecule has 0 aromatic heterocycles. The molecule has 1 fully saturated rings. The maximum Gasteiger partial charge on any atom is 0.330 e. The normalized spacial score (nSPS) is 15.1. The molecule has 1 aliphatic heterocycles. The Morgan fingerprint density at radius 3 is 2.33 bits per heavy atom. The summed E-state index contributed by atoms with van der Waals surface area (Å²) in [6, 6.07) is -0.725. The molecule has 1 saturated heterocycles. The number of rotatable bonds is 9. The van der Waals surface area contributed by atoms with Crippen LogP contribution < -0.4 is 5.32 Å². The van der Waals surface area contributed by atoms with Crippen molar-refractivity contribution in [2.45, 2.75) is 13.3 Å². The molecule has 1 heterocycles. The molecule has 1 rings (SSSR count). The van der Waals surface area contributed by atoms with E-state index in [2.05, 4.69) is 4.74 Å². The molecule has 0 spiro atoms. The summed E-state index contributed by atoms with van der Waals surface area (Å²) in [6.07, 6.45) is -0.328. The minimum atomic E-state index is -0.725. The number of hydrogen-bond donors (Lipinski definition) is 1. The minimum Gasteiger partial charge on any atom is -0.463 e. The molecule has 0 bridgehead atoms. The number of amides is 4. The lowest BCUT2D eigenvalue weighted by molar-refractivity contribution is -0.143. The maximum absolute atomic E-state index is 11.4. The van der Waals surface area contributed by atoms with Crippen LogP contribution in [0.3, 0.4) is 0 Å². The summed E-state index contributed by atoms with van der Waals surface area (Å²) < 4.78 is 15.0. The molecule has 0 unspecified atom stereocenters. The summed E-state index contributed by atoms with van der Waals surface area (Å²) >= 11 is 0. The number of imide groups is 2. The van der Waals surface area contributed by atoms with Gasteiger partial charge in [-0.15, -0.1) is 0 Å². The van der Waals surface area contributed by atoms with E-state index < -0.39 is 17.8 Å². The van der Waals surface area contributed by atoms with Crippen LogP contribution in [0.2, 0.25) is 0 Å². The first kappa shape index (κ1) is 17.1. The van der Waals surface area contributed by atoms with Gasteiger partial charge in [-0.25, -0.2) is 4.79 Å². The maximum atomic E-state index is 11.4. The summed E-state index contributed by atoms with van der Waals surface area (Å²) in [6.45, 7) is 2.59. The van der Waals surface area contributed by atoms with Crippen LogP contribution in [0.15, 0.2) is 0 Å². The van der Waals surface area contributed by atoms with Crippen molar-refractivity contribution in [3.63, 3.8) is 0 Å². The Kier molecular flexibility index (Phi) is 7.33. The van der Waals surface area contributed by atoms with Crippen LogP contribution in [-0.2, 0) is 28.6 Å². The number of barbiturate groups is 1. The zero-order chi connectivity index (χ0) is 15.7. The highest BCUT2D eigenvalue weighted by atomic mass is 16.6. The summed E-state index contributed by atoms with van der Waals surface area (Å²) in [4.78, 5) is 45.1. The molecule has 0 aromatic carbocycles. The average molecular weight is 302 g/mol. The van der Waals surface area contributed by atoms with Crippen LogP contribution in [0, 0.1) is 0 Å². The molecule has 9 heteroatoms. The van der Waals surface area contributed by atoms with Gasteiger partial charge in [-0.1, -0.05) is 0 Å². The van der Waals surface area contributed by atoms with Gasteiger partial charge in [0.2, 0.25) is 11.8 Å². The second kappa shape index (κ2) is 9.03. The first-order valence-corrected chi connectivity index (χ1v) is 6.43. The number of carbonyl (C=O) groups excluding carboxylic acids is 4. The van der Waals surface area contributed by atoms with Crippen molar-refractivity contribution < 1.29 is 33.4 Å². The molecule has 0 aliphatic carbocycles. The highest BCUT2D eigenvalue weighted by Crippen LogP contribution is 2.02. The lowest BCUT2D eigenvalue weighted by atomic mass is 10.3. The van der Waals surface area contributed by atoms with E-state index in [0.29, 0.717) is 6.61 Å². The monoisotopic (exact) mass is 302 g/mol. The number of nitrogens with zero attached hydrogens (tertiary/aromatic N) is 1. The van der Waals surface area contributed by atoms with Crippen molar-refractivity contribution in [1.29, 1.82) is 0 Å². The third-order valence-electron chi connectivity index (χ3n) is 2.47. The lowest BCUT2D eigenvalue weighted by Gasteiger charge is -2.24. The van der Waals surface area contributed by atoms with Crippen LogP contribution >= 0.6 is 0 Å². The first-order chi connectivity index (χ1) is 10.0. The van der Waals surface area contributed by atoms with Gasteiger partial charge < -0.3 is 14.2 Å². The Bertz CT molecular complexity index is 390. The summed E-state index contributed by atoms with van der Waals surface area (Å²) in [5.74, 6) is -1.49. The van der Waals surface area contributed by atoms with Crippen molar-refractivity contribution >= 4 is 23.8 Å². The van der Waals surface area contributed by atoms with Crippen molar-refractivity contribution in [1.82, 2.24) is 10.2 Å². The van der Waals surface area contributed by atoms with Gasteiger partial charge in [0.1, 0.15) is 13.0 Å². The van der Waals surface area contributed by atoms with E-state index in [9.17, 15) is 19.2 Å². The van der Waals surface area contributed by atoms with E-state index >= 15 is 0 Å². The Morgan fingerprint density at radius 2 is 1.71 bits per heavy atom. The van der Waals surface area contributed by atoms with Gasteiger partial charge in [-0.05, 0) is 0 Å². The van der Waals surface area contributed by atoms with Crippen LogP contribution in [0.5, 0.6) is 0 Å². The predicted molar refractivity (Wildman–Crippen MR) is 68.1 cm³/mol. The first-order valence-electron chi connectivity index (χ1n) is 6.43. The van der Waals surface area contributed by atoms with Crippen molar-refractivity contribution in [2.75, 3.05) is 39.6 Å². The van der Waals surface area contributed by atoms with Gasteiger partial charge in [0.15, 0.2) is 0 Å². The molecule has 1 N–H and O–H groups in total. The van der Waals surface area contributed by atoms with E-state index in [4.69, 9.17) is 9.47 Å². The molecular formula is C12H18N2O7. The number of carbonyl (C=O) groups is 4. The standard InChI is InChI=1S/C12H18N2O7/c1-9(15)21-7-6-20-5-4-19-3-2-14-11(17)8-10(16)13-12(14)18/h2-8H2,1H3,(H,13,16,18). The van der Waals surface area contributed by atoms with Gasteiger partial charge in [0.05, 0.1) is 33.0 Å². The Hall–Kier alpha value is -2.00. The SMILES string of the molecule is CC(=O)OCCOCCOCCN1C(=O)CC(=O)NC1=O. The highest BCUT2D eigenvalue weighted by molar-refractivity contribution is 6.14. The number of nitrogens with one attached hydrogen (secondary N) is 1. The quantitative estimate of drug-likeness (QED) is 0.332. The van der Waals surface area contributed by atoms with E-state index in [-0.39, 0.29) is 45.4 Å². The smallest absolute Gasteiger partial charge is 0.330 e. The molecule has 0 atom stereocenters. The highest BCUT2D eigenvalue weighted by Gasteiger charge is 2.30. The zero-order valence-corrected chi connectivity index (χ0v) is 11.8. The number of esters is 1. The molecule has 21 heavy (non-hydrogen) atoms. The van der Waals surface area contributed by atoms with Crippen molar-refractivity contribution in [3.8, 4) is 0 Å². The molecule has 0 aromatic rings. The topological polar surface area (TPSA) is 111 Å². The fourth-order valence-electron chi connectivity index (χ4n) is 1.53. The second-order valence-electron chi connectivity index (χ2n) is 4.14. The molecule has 4 amide bonds. The third-order valence-corrected chi connectivity index (χ3v) is 2.47. The van der Waals surface area contributed by atoms with E-state index in [1.807, 2.05) is 5.32 Å². The Morgan fingerprint density at radius 1 is 1.10 bits per heavy atom. The Balaban J connectivity index is 2.01. The number of urea groups is 1. The van der Waals surface area contributed by atoms with Crippen molar-refractivity contribution in [3.05, 3.63) is 0 Å². The lowest BCUT2D eigenvalue weighted by Crippen LogP contribution is -2.53. The molecular weight excluding hydrogens is 284 g/mol. The van der Waals surface area contributed by atoms with E-state index in [1.54, 1.807) is 0 Å². The van der Waals surface area contributed by atoms with E-state index in [0.717, 1.165) is 4.90 Å².